The molecule has 0 saturated carbocycles. The van der Waals surface area contributed by atoms with Gasteiger partial charge in [0.25, 0.3) is 0 Å². The van der Waals surface area contributed by atoms with Crippen LogP contribution >= 0.6 is 0 Å². The van der Waals surface area contributed by atoms with Crippen LogP contribution in [0.4, 0.5) is 0 Å². The fourth-order valence-electron chi connectivity index (χ4n) is 1.30. The molecule has 3 N–H and O–H groups in total. The molecule has 0 radical (unpaired) electrons. The number of aliphatic hydroxyl groups excluding tert-OH is 3. The zero-order valence-electron chi connectivity index (χ0n) is 6.31. The number of aliphatic hydroxyl groups is 3. The summed E-state index contributed by atoms with van der Waals surface area (Å²) in [6, 6.07) is 0. The fourth-order valence-corrected chi connectivity index (χ4v) is 1.30. The fraction of sp³-hybridized carbons (Fsp3) is 1.00. The van der Waals surface area contributed by atoms with Crippen LogP contribution in [0.1, 0.15) is 6.42 Å². The first kappa shape index (κ1) is 8.93. The van der Waals surface area contributed by atoms with Gasteiger partial charge in [0.05, 0.1) is 12.7 Å². The van der Waals surface area contributed by atoms with Gasteiger partial charge in [-0.15, -0.1) is 0 Å². The zero-order valence-corrected chi connectivity index (χ0v) is 6.31. The third kappa shape index (κ3) is 1.90. The van der Waals surface area contributed by atoms with Gasteiger partial charge in [0.15, 0.2) is 0 Å². The highest BCUT2D eigenvalue weighted by molar-refractivity contribution is 4.80. The SMILES string of the molecule is OC[C@@H]1CCO[C@H](CO)[C@@H]1O. The number of ether oxygens (including phenoxy) is 1. The van der Waals surface area contributed by atoms with E-state index in [0.717, 1.165) is 0 Å². The summed E-state index contributed by atoms with van der Waals surface area (Å²) in [4.78, 5) is 0. The van der Waals surface area contributed by atoms with Crippen molar-refractivity contribution in [2.75, 3.05) is 19.8 Å². The van der Waals surface area contributed by atoms with Crippen molar-refractivity contribution in [3.63, 3.8) is 0 Å². The largest absolute Gasteiger partial charge is 0.396 e. The van der Waals surface area contributed by atoms with Crippen molar-refractivity contribution in [3.8, 4) is 0 Å². The second-order valence-corrected chi connectivity index (χ2v) is 2.81. The molecular formula is C7H14O4. The molecule has 11 heavy (non-hydrogen) atoms. The van der Waals surface area contributed by atoms with Crippen LogP contribution in [0.3, 0.4) is 0 Å². The highest BCUT2D eigenvalue weighted by Crippen LogP contribution is 2.19. The molecule has 1 aliphatic rings. The van der Waals surface area contributed by atoms with Gasteiger partial charge in [-0.2, -0.15) is 0 Å². The van der Waals surface area contributed by atoms with E-state index in [1.165, 1.54) is 0 Å². The summed E-state index contributed by atoms with van der Waals surface area (Å²) in [5.74, 6) is -0.138. The van der Waals surface area contributed by atoms with Crippen LogP contribution in [0.25, 0.3) is 0 Å². The van der Waals surface area contributed by atoms with Crippen molar-refractivity contribution in [2.24, 2.45) is 5.92 Å². The van der Waals surface area contributed by atoms with Gasteiger partial charge in [0, 0.05) is 19.1 Å². The summed E-state index contributed by atoms with van der Waals surface area (Å²) in [7, 11) is 0. The van der Waals surface area contributed by atoms with E-state index >= 15 is 0 Å². The minimum atomic E-state index is -0.723. The van der Waals surface area contributed by atoms with E-state index in [1.54, 1.807) is 0 Å². The topological polar surface area (TPSA) is 69.9 Å². The zero-order chi connectivity index (χ0) is 8.27. The lowest BCUT2D eigenvalue weighted by atomic mass is 9.93. The van der Waals surface area contributed by atoms with Crippen molar-refractivity contribution in [1.82, 2.24) is 0 Å². The first-order chi connectivity index (χ1) is 5.29. The molecule has 1 rings (SSSR count). The van der Waals surface area contributed by atoms with Gasteiger partial charge >= 0.3 is 0 Å². The molecule has 1 heterocycles. The highest BCUT2D eigenvalue weighted by Gasteiger charge is 2.31. The van der Waals surface area contributed by atoms with Gasteiger partial charge in [0.2, 0.25) is 0 Å². The van der Waals surface area contributed by atoms with Crippen molar-refractivity contribution in [2.45, 2.75) is 18.6 Å². The molecular weight excluding hydrogens is 148 g/mol. The second-order valence-electron chi connectivity index (χ2n) is 2.81. The minimum Gasteiger partial charge on any atom is -0.396 e. The van der Waals surface area contributed by atoms with E-state index in [1.807, 2.05) is 0 Å². The second kappa shape index (κ2) is 4.01. The maximum absolute atomic E-state index is 9.38. The highest BCUT2D eigenvalue weighted by atomic mass is 16.5. The van der Waals surface area contributed by atoms with E-state index in [-0.39, 0.29) is 19.1 Å². The van der Waals surface area contributed by atoms with E-state index < -0.39 is 12.2 Å². The van der Waals surface area contributed by atoms with Gasteiger partial charge in [-0.25, -0.2) is 0 Å². The van der Waals surface area contributed by atoms with Crippen LogP contribution in [-0.4, -0.2) is 47.3 Å². The molecule has 1 fully saturated rings. The molecule has 1 aliphatic heterocycles. The van der Waals surface area contributed by atoms with Crippen LogP contribution in [-0.2, 0) is 4.74 Å². The molecule has 4 nitrogen and oxygen atoms in total. The van der Waals surface area contributed by atoms with Crippen LogP contribution in [0.2, 0.25) is 0 Å². The first-order valence-electron chi connectivity index (χ1n) is 3.81. The lowest BCUT2D eigenvalue weighted by Crippen LogP contribution is -2.44. The van der Waals surface area contributed by atoms with Crippen LogP contribution in [0.5, 0.6) is 0 Å². The number of rotatable bonds is 2. The van der Waals surface area contributed by atoms with E-state index in [9.17, 15) is 5.11 Å². The Morgan fingerprint density at radius 2 is 2.00 bits per heavy atom. The monoisotopic (exact) mass is 162 g/mol. The Kier molecular flexibility index (Phi) is 3.26. The summed E-state index contributed by atoms with van der Waals surface area (Å²) in [5.41, 5.74) is 0. The van der Waals surface area contributed by atoms with E-state index in [4.69, 9.17) is 14.9 Å². The van der Waals surface area contributed by atoms with Gasteiger partial charge in [-0.05, 0) is 6.42 Å². The minimum absolute atomic E-state index is 0.0406. The molecule has 0 bridgehead atoms. The number of hydrogen-bond acceptors (Lipinski definition) is 4. The molecule has 0 aromatic carbocycles. The molecule has 66 valence electrons. The van der Waals surface area contributed by atoms with E-state index in [2.05, 4.69) is 0 Å². The Labute approximate surface area is 65.4 Å². The lowest BCUT2D eigenvalue weighted by molar-refractivity contribution is -0.130. The molecule has 0 aliphatic carbocycles. The van der Waals surface area contributed by atoms with Gasteiger partial charge < -0.3 is 20.1 Å². The molecule has 0 unspecified atom stereocenters. The third-order valence-electron chi connectivity index (χ3n) is 2.10. The van der Waals surface area contributed by atoms with Crippen molar-refractivity contribution < 1.29 is 20.1 Å². The molecule has 4 heteroatoms. The Morgan fingerprint density at radius 1 is 1.27 bits per heavy atom. The molecule has 0 aromatic rings. The maximum Gasteiger partial charge on any atom is 0.107 e. The summed E-state index contributed by atoms with van der Waals surface area (Å²) >= 11 is 0. The molecule has 3 atom stereocenters. The van der Waals surface area contributed by atoms with Crippen molar-refractivity contribution >= 4 is 0 Å². The van der Waals surface area contributed by atoms with Gasteiger partial charge in [-0.1, -0.05) is 0 Å². The lowest BCUT2D eigenvalue weighted by Gasteiger charge is -2.32. The summed E-state index contributed by atoms with van der Waals surface area (Å²) in [6.45, 7) is 0.284. The van der Waals surface area contributed by atoms with Crippen LogP contribution < -0.4 is 0 Å². The summed E-state index contributed by atoms with van der Waals surface area (Å²) in [6.07, 6.45) is -0.576. The Bertz CT molecular complexity index is 105. The Morgan fingerprint density at radius 3 is 2.55 bits per heavy atom. The standard InChI is InChI=1S/C7H14O4/c8-3-5-1-2-11-6(4-9)7(5)10/h5-10H,1-4H2/t5-,6+,7+/m0/s1. The van der Waals surface area contributed by atoms with Gasteiger partial charge in [-0.3, -0.25) is 0 Å². The summed E-state index contributed by atoms with van der Waals surface area (Å²) in [5, 5.41) is 26.9. The predicted octanol–water partition coefficient (Wildman–Crippen LogP) is -1.26. The average Bonchev–Trinajstić information content (AvgIpc) is 2.05. The maximum atomic E-state index is 9.38. The average molecular weight is 162 g/mol. The smallest absolute Gasteiger partial charge is 0.107 e. The van der Waals surface area contributed by atoms with Crippen LogP contribution in [0, 0.1) is 5.92 Å². The number of hydrogen-bond donors (Lipinski definition) is 3. The molecule has 0 aromatic heterocycles. The molecule has 0 amide bonds. The van der Waals surface area contributed by atoms with Crippen molar-refractivity contribution in [3.05, 3.63) is 0 Å². The third-order valence-corrected chi connectivity index (χ3v) is 2.10. The summed E-state index contributed by atoms with van der Waals surface area (Å²) < 4.78 is 5.06. The van der Waals surface area contributed by atoms with Crippen molar-refractivity contribution in [1.29, 1.82) is 0 Å². The molecule has 0 spiro atoms. The van der Waals surface area contributed by atoms with Gasteiger partial charge in [0.1, 0.15) is 6.10 Å². The quantitative estimate of drug-likeness (QED) is 0.474. The molecule has 1 saturated heterocycles. The predicted molar refractivity (Wildman–Crippen MR) is 38.0 cm³/mol. The normalized spacial score (nSPS) is 39.0. The first-order valence-corrected chi connectivity index (χ1v) is 3.81. The van der Waals surface area contributed by atoms with E-state index in [0.29, 0.717) is 13.0 Å². The van der Waals surface area contributed by atoms with Crippen LogP contribution in [0.15, 0.2) is 0 Å². The Balaban J connectivity index is 2.45. The Hall–Kier alpha value is -0.160.